The van der Waals surface area contributed by atoms with Crippen LogP contribution in [0.1, 0.15) is 27.6 Å². The maximum Gasteiger partial charge on any atom is 0.291 e. The molecule has 0 aromatic heterocycles. The minimum atomic E-state index is -0.731. The molecule has 78 valence electrons. The Bertz CT molecular complexity index is 456. The number of nitrogens with zero attached hydrogens (tertiary/aromatic N) is 1. The molecular formula is C9H6BrNO4. The van der Waals surface area contributed by atoms with Crippen molar-refractivity contribution in [2.75, 3.05) is 0 Å². The van der Waals surface area contributed by atoms with Gasteiger partial charge in [-0.25, -0.2) is 0 Å². The quantitative estimate of drug-likeness (QED) is 0.366. The summed E-state index contributed by atoms with van der Waals surface area (Å²) in [4.78, 5) is 31.8. The summed E-state index contributed by atoms with van der Waals surface area (Å²) in [5.74, 6) is -0.447. The van der Waals surface area contributed by atoms with Gasteiger partial charge in [0.25, 0.3) is 5.69 Å². The van der Waals surface area contributed by atoms with Crippen LogP contribution in [-0.4, -0.2) is 17.0 Å². The van der Waals surface area contributed by atoms with E-state index in [9.17, 15) is 19.7 Å². The third-order valence-electron chi connectivity index (χ3n) is 1.84. The van der Waals surface area contributed by atoms with Crippen LogP contribution in [-0.2, 0) is 0 Å². The Kier molecular flexibility index (Phi) is 3.31. The molecule has 0 aliphatic heterocycles. The normalized spacial score (nSPS) is 9.73. The van der Waals surface area contributed by atoms with E-state index in [2.05, 4.69) is 15.9 Å². The molecule has 1 rings (SSSR count). The highest BCUT2D eigenvalue weighted by molar-refractivity contribution is 9.10. The molecular weight excluding hydrogens is 266 g/mol. The van der Waals surface area contributed by atoms with E-state index in [0.29, 0.717) is 10.8 Å². The van der Waals surface area contributed by atoms with Gasteiger partial charge in [-0.1, -0.05) is 0 Å². The van der Waals surface area contributed by atoms with Crippen LogP contribution in [0.25, 0.3) is 0 Å². The molecule has 15 heavy (non-hydrogen) atoms. The highest BCUT2D eigenvalue weighted by Gasteiger charge is 2.24. The van der Waals surface area contributed by atoms with Crippen LogP contribution in [0.3, 0.4) is 0 Å². The van der Waals surface area contributed by atoms with Crippen molar-refractivity contribution in [3.05, 3.63) is 37.8 Å². The molecule has 0 fully saturated rings. The number of hydrogen-bond donors (Lipinski definition) is 0. The topological polar surface area (TPSA) is 77.3 Å². The number of ketones is 1. The molecule has 1 aromatic carbocycles. The Balaban J connectivity index is 3.63. The molecule has 0 heterocycles. The van der Waals surface area contributed by atoms with E-state index in [1.165, 1.54) is 19.1 Å². The van der Waals surface area contributed by atoms with E-state index in [4.69, 9.17) is 0 Å². The van der Waals surface area contributed by atoms with Crippen molar-refractivity contribution in [2.45, 2.75) is 6.92 Å². The lowest BCUT2D eigenvalue weighted by Crippen LogP contribution is -2.04. The zero-order valence-electron chi connectivity index (χ0n) is 7.69. The minimum Gasteiger partial charge on any atom is -0.298 e. The Labute approximate surface area is 93.4 Å². The fourth-order valence-electron chi connectivity index (χ4n) is 1.18. The second-order valence-corrected chi connectivity index (χ2v) is 3.64. The van der Waals surface area contributed by atoms with Gasteiger partial charge >= 0.3 is 0 Å². The van der Waals surface area contributed by atoms with E-state index < -0.39 is 16.4 Å². The maximum atomic E-state index is 11.1. The fourth-order valence-corrected chi connectivity index (χ4v) is 1.59. The molecule has 0 aliphatic rings. The fraction of sp³-hybridized carbons (Fsp3) is 0.111. The van der Waals surface area contributed by atoms with E-state index in [0.717, 1.165) is 0 Å². The van der Waals surface area contributed by atoms with Gasteiger partial charge in [0.1, 0.15) is 5.56 Å². The molecule has 0 radical (unpaired) electrons. The van der Waals surface area contributed by atoms with E-state index in [1.807, 2.05) is 0 Å². The van der Waals surface area contributed by atoms with Crippen LogP contribution in [0.15, 0.2) is 16.6 Å². The summed E-state index contributed by atoms with van der Waals surface area (Å²) in [5.41, 5.74) is -0.634. The standard InChI is InChI=1S/C9H6BrNO4/c1-5(13)6-2-3-8(10)7(4-12)9(6)11(14)15/h2-4H,1H3. The van der Waals surface area contributed by atoms with Gasteiger partial charge in [-0.2, -0.15) is 0 Å². The molecule has 1 aromatic rings. The smallest absolute Gasteiger partial charge is 0.291 e. The zero-order valence-corrected chi connectivity index (χ0v) is 9.28. The molecule has 0 amide bonds. The minimum absolute atomic E-state index is 0.0645. The SMILES string of the molecule is CC(=O)c1ccc(Br)c(C=O)c1[N+](=O)[O-]. The first-order valence-corrected chi connectivity index (χ1v) is 4.71. The lowest BCUT2D eigenvalue weighted by molar-refractivity contribution is -0.385. The van der Waals surface area contributed by atoms with Crippen molar-refractivity contribution >= 4 is 33.7 Å². The van der Waals surface area contributed by atoms with E-state index >= 15 is 0 Å². The number of nitro benzene ring substituents is 1. The van der Waals surface area contributed by atoms with E-state index in [-0.39, 0.29) is 11.1 Å². The van der Waals surface area contributed by atoms with Crippen LogP contribution < -0.4 is 0 Å². The van der Waals surface area contributed by atoms with Gasteiger partial charge in [-0.3, -0.25) is 19.7 Å². The summed E-state index contributed by atoms with van der Waals surface area (Å²) in [5, 5.41) is 10.7. The predicted molar refractivity (Wildman–Crippen MR) is 56.2 cm³/mol. The second kappa shape index (κ2) is 4.31. The molecule has 0 spiro atoms. The number of aldehydes is 1. The molecule has 0 N–H and O–H groups in total. The summed E-state index contributed by atoms with van der Waals surface area (Å²) in [7, 11) is 0. The number of hydrogen-bond acceptors (Lipinski definition) is 4. The summed E-state index contributed by atoms with van der Waals surface area (Å²) >= 11 is 3.01. The van der Waals surface area contributed by atoms with Crippen LogP contribution in [0.5, 0.6) is 0 Å². The maximum absolute atomic E-state index is 11.1. The third-order valence-corrected chi connectivity index (χ3v) is 2.54. The van der Waals surface area contributed by atoms with Crippen molar-refractivity contribution in [1.29, 1.82) is 0 Å². The van der Waals surface area contributed by atoms with Gasteiger partial charge in [-0.05, 0) is 35.0 Å². The number of rotatable bonds is 3. The van der Waals surface area contributed by atoms with Gasteiger partial charge in [0.05, 0.1) is 10.5 Å². The summed E-state index contributed by atoms with van der Waals surface area (Å²) in [6, 6.07) is 2.75. The predicted octanol–water partition coefficient (Wildman–Crippen LogP) is 2.37. The van der Waals surface area contributed by atoms with Crippen LogP contribution in [0.2, 0.25) is 0 Å². The second-order valence-electron chi connectivity index (χ2n) is 2.79. The number of Topliss-reactive ketones (excluding diaryl/α,β-unsaturated/α-hetero) is 1. The number of halogens is 1. The van der Waals surface area contributed by atoms with Crippen LogP contribution in [0.4, 0.5) is 5.69 Å². The number of carbonyl (C=O) groups is 2. The number of benzene rings is 1. The molecule has 6 heteroatoms. The van der Waals surface area contributed by atoms with Gasteiger partial charge < -0.3 is 0 Å². The Morgan fingerprint density at radius 1 is 1.53 bits per heavy atom. The number of carbonyl (C=O) groups excluding carboxylic acids is 2. The lowest BCUT2D eigenvalue weighted by atomic mass is 10.1. The zero-order chi connectivity index (χ0) is 11.6. The largest absolute Gasteiger partial charge is 0.298 e. The Hall–Kier alpha value is -1.56. The van der Waals surface area contributed by atoms with Gasteiger partial charge in [0.15, 0.2) is 12.1 Å². The molecule has 0 saturated heterocycles. The molecule has 0 unspecified atom stereocenters. The van der Waals surface area contributed by atoms with E-state index in [1.54, 1.807) is 0 Å². The van der Waals surface area contributed by atoms with Gasteiger partial charge in [0, 0.05) is 4.47 Å². The molecule has 0 bridgehead atoms. The number of nitro groups is 1. The van der Waals surface area contributed by atoms with Crippen molar-refractivity contribution < 1.29 is 14.5 Å². The van der Waals surface area contributed by atoms with Crippen molar-refractivity contribution in [2.24, 2.45) is 0 Å². The molecule has 5 nitrogen and oxygen atoms in total. The van der Waals surface area contributed by atoms with Crippen LogP contribution in [0, 0.1) is 10.1 Å². The summed E-state index contributed by atoms with van der Waals surface area (Å²) < 4.78 is 0.300. The van der Waals surface area contributed by atoms with Gasteiger partial charge in [-0.15, -0.1) is 0 Å². The highest BCUT2D eigenvalue weighted by atomic mass is 79.9. The molecule has 0 aliphatic carbocycles. The first-order chi connectivity index (χ1) is 6.99. The average molecular weight is 272 g/mol. The van der Waals surface area contributed by atoms with Crippen molar-refractivity contribution in [3.8, 4) is 0 Å². The Morgan fingerprint density at radius 3 is 2.53 bits per heavy atom. The third kappa shape index (κ3) is 2.10. The lowest BCUT2D eigenvalue weighted by Gasteiger charge is -2.02. The van der Waals surface area contributed by atoms with Crippen molar-refractivity contribution in [3.63, 3.8) is 0 Å². The monoisotopic (exact) mass is 271 g/mol. The first-order valence-electron chi connectivity index (χ1n) is 3.92. The van der Waals surface area contributed by atoms with Gasteiger partial charge in [0.2, 0.25) is 0 Å². The van der Waals surface area contributed by atoms with Crippen molar-refractivity contribution in [1.82, 2.24) is 0 Å². The van der Waals surface area contributed by atoms with Crippen LogP contribution >= 0.6 is 15.9 Å². The first kappa shape index (κ1) is 11.5. The highest BCUT2D eigenvalue weighted by Crippen LogP contribution is 2.29. The molecule has 0 atom stereocenters. The summed E-state index contributed by atoms with van der Waals surface area (Å²) in [6.45, 7) is 1.21. The Morgan fingerprint density at radius 2 is 2.13 bits per heavy atom. The average Bonchev–Trinajstić information content (AvgIpc) is 2.16. The molecule has 0 saturated carbocycles. The summed E-state index contributed by atoms with van der Waals surface area (Å²) in [6.07, 6.45) is 0.356.